The summed E-state index contributed by atoms with van der Waals surface area (Å²) in [5.74, 6) is 0. The summed E-state index contributed by atoms with van der Waals surface area (Å²) in [5.41, 5.74) is -0.767. The van der Waals surface area contributed by atoms with Gasteiger partial charge in [0.2, 0.25) is 0 Å². The van der Waals surface area contributed by atoms with Gasteiger partial charge < -0.3 is 25.2 Å². The first-order valence-electron chi connectivity index (χ1n) is 5.75. The van der Waals surface area contributed by atoms with Gasteiger partial charge in [0, 0.05) is 9.92 Å². The Bertz CT molecular complexity index is 413. The maximum absolute atomic E-state index is 9.87. The van der Waals surface area contributed by atoms with Crippen LogP contribution in [-0.2, 0) is 4.74 Å². The van der Waals surface area contributed by atoms with Crippen LogP contribution in [0.2, 0.25) is 5.02 Å². The molecular formula is C12H15ClO5S. The van der Waals surface area contributed by atoms with Gasteiger partial charge in [-0.1, -0.05) is 23.4 Å². The van der Waals surface area contributed by atoms with Crippen molar-refractivity contribution in [2.45, 2.75) is 34.7 Å². The number of benzene rings is 1. The maximum atomic E-state index is 9.87. The van der Waals surface area contributed by atoms with E-state index in [2.05, 4.69) is 0 Å². The molecule has 0 aromatic heterocycles. The Morgan fingerprint density at radius 1 is 1.05 bits per heavy atom. The second-order valence-electron chi connectivity index (χ2n) is 4.27. The van der Waals surface area contributed by atoms with Crippen molar-refractivity contribution in [3.05, 3.63) is 29.3 Å². The fraction of sp³-hybridized carbons (Fsp3) is 0.500. The molecule has 1 aromatic carbocycles. The fourth-order valence-corrected chi connectivity index (χ4v) is 3.00. The SMILES string of the molecule is OC[C@H]1O[C@@H](Sc2ccc(Cl)cc2)[C@H](O)[C@@H](O)[C@H]1O. The van der Waals surface area contributed by atoms with Crippen LogP contribution < -0.4 is 0 Å². The van der Waals surface area contributed by atoms with Crippen LogP contribution in [0.25, 0.3) is 0 Å². The number of aliphatic hydroxyl groups excluding tert-OH is 4. The molecule has 0 unspecified atom stereocenters. The lowest BCUT2D eigenvalue weighted by molar-refractivity contribution is -0.205. The van der Waals surface area contributed by atoms with Gasteiger partial charge in [-0.05, 0) is 24.3 Å². The van der Waals surface area contributed by atoms with E-state index in [1.54, 1.807) is 24.3 Å². The molecule has 1 fully saturated rings. The number of halogens is 1. The van der Waals surface area contributed by atoms with Crippen LogP contribution in [-0.4, -0.2) is 56.9 Å². The molecule has 2 rings (SSSR count). The molecule has 0 saturated carbocycles. The Balaban J connectivity index is 2.08. The third-order valence-electron chi connectivity index (χ3n) is 2.91. The molecule has 106 valence electrons. The van der Waals surface area contributed by atoms with Crippen molar-refractivity contribution in [3.8, 4) is 0 Å². The topological polar surface area (TPSA) is 90.2 Å². The van der Waals surface area contributed by atoms with E-state index in [-0.39, 0.29) is 0 Å². The van der Waals surface area contributed by atoms with Crippen molar-refractivity contribution in [1.82, 2.24) is 0 Å². The van der Waals surface area contributed by atoms with Gasteiger partial charge in [-0.2, -0.15) is 0 Å². The summed E-state index contributed by atoms with van der Waals surface area (Å²) < 4.78 is 5.38. The van der Waals surface area contributed by atoms with Gasteiger partial charge in [-0.15, -0.1) is 0 Å². The predicted molar refractivity (Wildman–Crippen MR) is 71.1 cm³/mol. The second kappa shape index (κ2) is 6.41. The molecule has 0 radical (unpaired) electrons. The van der Waals surface area contributed by atoms with Crippen molar-refractivity contribution < 1.29 is 25.2 Å². The molecule has 1 aromatic rings. The highest BCUT2D eigenvalue weighted by Crippen LogP contribution is 2.33. The summed E-state index contributed by atoms with van der Waals surface area (Å²) in [4.78, 5) is 0.800. The number of rotatable bonds is 3. The lowest BCUT2D eigenvalue weighted by atomic mass is 10.0. The molecule has 1 heterocycles. The quantitative estimate of drug-likeness (QED) is 0.639. The number of hydrogen-bond acceptors (Lipinski definition) is 6. The minimum Gasteiger partial charge on any atom is -0.394 e. The standard InChI is InChI=1S/C12H15ClO5S/c13-6-1-3-7(4-2-6)19-12-11(17)10(16)9(15)8(5-14)18-12/h1-4,8-12,14-17H,5H2/t8-,9+,10+,11-,12+/m1/s1. The van der Waals surface area contributed by atoms with Gasteiger partial charge in [0.25, 0.3) is 0 Å². The third kappa shape index (κ3) is 3.41. The summed E-state index contributed by atoms with van der Waals surface area (Å²) in [6.07, 6.45) is -4.81. The van der Waals surface area contributed by atoms with Crippen molar-refractivity contribution >= 4 is 23.4 Å². The normalized spacial score (nSPS) is 35.3. The van der Waals surface area contributed by atoms with E-state index in [1.807, 2.05) is 0 Å². The molecule has 0 aliphatic carbocycles. The first-order valence-corrected chi connectivity index (χ1v) is 7.01. The van der Waals surface area contributed by atoms with E-state index in [0.717, 1.165) is 4.90 Å². The van der Waals surface area contributed by atoms with Crippen LogP contribution in [0.4, 0.5) is 0 Å². The van der Waals surface area contributed by atoms with E-state index in [4.69, 9.17) is 21.4 Å². The number of aliphatic hydroxyl groups is 4. The van der Waals surface area contributed by atoms with Crippen molar-refractivity contribution in [2.75, 3.05) is 6.61 Å². The monoisotopic (exact) mass is 306 g/mol. The van der Waals surface area contributed by atoms with Crippen LogP contribution in [0.5, 0.6) is 0 Å². The Hall–Kier alpha value is -0.340. The zero-order chi connectivity index (χ0) is 14.0. The lowest BCUT2D eigenvalue weighted by Gasteiger charge is -2.39. The Morgan fingerprint density at radius 3 is 2.26 bits per heavy atom. The highest BCUT2D eigenvalue weighted by molar-refractivity contribution is 7.99. The number of ether oxygens (including phenoxy) is 1. The van der Waals surface area contributed by atoms with Crippen LogP contribution in [0.3, 0.4) is 0 Å². The summed E-state index contributed by atoms with van der Waals surface area (Å²) >= 11 is 6.97. The second-order valence-corrected chi connectivity index (χ2v) is 5.88. The van der Waals surface area contributed by atoms with Crippen LogP contribution >= 0.6 is 23.4 Å². The average Bonchev–Trinajstić information content (AvgIpc) is 2.42. The Labute approximate surface area is 119 Å². The van der Waals surface area contributed by atoms with Crippen molar-refractivity contribution in [3.63, 3.8) is 0 Å². The summed E-state index contributed by atoms with van der Waals surface area (Å²) in [5, 5.41) is 38.9. The zero-order valence-electron chi connectivity index (χ0n) is 9.89. The van der Waals surface area contributed by atoms with Crippen LogP contribution in [0.15, 0.2) is 29.2 Å². The molecule has 1 saturated heterocycles. The minimum absolute atomic E-state index is 0.428. The molecule has 5 atom stereocenters. The first kappa shape index (κ1) is 15.1. The molecule has 5 nitrogen and oxygen atoms in total. The Morgan fingerprint density at radius 2 is 1.68 bits per heavy atom. The molecule has 0 bridgehead atoms. The predicted octanol–water partition coefficient (Wildman–Crippen LogP) is 0.232. The summed E-state index contributed by atoms with van der Waals surface area (Å²) in [7, 11) is 0. The van der Waals surface area contributed by atoms with Gasteiger partial charge in [0.05, 0.1) is 6.61 Å². The van der Waals surface area contributed by atoms with Gasteiger partial charge in [-0.25, -0.2) is 0 Å². The largest absolute Gasteiger partial charge is 0.394 e. The third-order valence-corrected chi connectivity index (χ3v) is 4.33. The maximum Gasteiger partial charge on any atom is 0.136 e. The minimum atomic E-state index is -1.35. The Kier molecular flexibility index (Phi) is 5.08. The van der Waals surface area contributed by atoms with Gasteiger partial charge in [-0.3, -0.25) is 0 Å². The number of hydrogen-bond donors (Lipinski definition) is 4. The van der Waals surface area contributed by atoms with Crippen molar-refractivity contribution in [1.29, 1.82) is 0 Å². The summed E-state index contributed by atoms with van der Waals surface area (Å²) in [6.45, 7) is -0.428. The summed E-state index contributed by atoms with van der Waals surface area (Å²) in [6, 6.07) is 6.92. The molecule has 1 aliphatic heterocycles. The molecule has 7 heteroatoms. The molecule has 19 heavy (non-hydrogen) atoms. The van der Waals surface area contributed by atoms with Gasteiger partial charge in [0.1, 0.15) is 29.9 Å². The van der Waals surface area contributed by atoms with E-state index in [9.17, 15) is 15.3 Å². The fourth-order valence-electron chi connectivity index (χ4n) is 1.81. The van der Waals surface area contributed by atoms with E-state index in [0.29, 0.717) is 5.02 Å². The highest BCUT2D eigenvalue weighted by atomic mass is 35.5. The molecule has 4 N–H and O–H groups in total. The van der Waals surface area contributed by atoms with Crippen molar-refractivity contribution in [2.24, 2.45) is 0 Å². The van der Waals surface area contributed by atoms with Gasteiger partial charge in [0.15, 0.2) is 0 Å². The van der Waals surface area contributed by atoms with Gasteiger partial charge >= 0.3 is 0 Å². The van der Waals surface area contributed by atoms with Crippen LogP contribution in [0, 0.1) is 0 Å². The number of thioether (sulfide) groups is 1. The van der Waals surface area contributed by atoms with E-state index < -0.39 is 36.5 Å². The van der Waals surface area contributed by atoms with E-state index >= 15 is 0 Å². The lowest BCUT2D eigenvalue weighted by Crippen LogP contribution is -2.57. The van der Waals surface area contributed by atoms with Crippen LogP contribution in [0.1, 0.15) is 0 Å². The molecule has 1 aliphatic rings. The zero-order valence-corrected chi connectivity index (χ0v) is 11.5. The smallest absolute Gasteiger partial charge is 0.136 e. The molecule has 0 spiro atoms. The molecular weight excluding hydrogens is 292 g/mol. The molecule has 0 amide bonds. The highest BCUT2D eigenvalue weighted by Gasteiger charge is 2.43. The first-order chi connectivity index (χ1) is 9.02. The average molecular weight is 307 g/mol. The van der Waals surface area contributed by atoms with E-state index in [1.165, 1.54) is 11.8 Å².